The lowest BCUT2D eigenvalue weighted by atomic mass is 9.49. The van der Waals surface area contributed by atoms with Gasteiger partial charge in [-0.05, 0) is 80.8 Å². The molecule has 0 bridgehead atoms. The van der Waals surface area contributed by atoms with Crippen LogP contribution in [-0.4, -0.2) is 25.6 Å². The maximum Gasteiger partial charge on any atom is 0.119 e. The smallest absolute Gasteiger partial charge is 0.119 e. The fourth-order valence-electron chi connectivity index (χ4n) is 5.83. The lowest BCUT2D eigenvalue weighted by Crippen LogP contribution is -2.62. The Morgan fingerprint density at radius 3 is 2.71 bits per heavy atom. The minimum Gasteiger partial charge on any atom is -0.497 e. The van der Waals surface area contributed by atoms with Gasteiger partial charge in [-0.2, -0.15) is 0 Å². The summed E-state index contributed by atoms with van der Waals surface area (Å²) in [5.74, 6) is 1.03. The van der Waals surface area contributed by atoms with Gasteiger partial charge in [0.1, 0.15) is 5.75 Å². The number of benzene rings is 1. The van der Waals surface area contributed by atoms with E-state index in [0.717, 1.165) is 5.75 Å². The summed E-state index contributed by atoms with van der Waals surface area (Å²) in [6, 6.07) is 6.83. The molecule has 0 radical (unpaired) electrons. The highest BCUT2D eigenvalue weighted by atomic mass is 16.5. The van der Waals surface area contributed by atoms with Crippen molar-refractivity contribution in [2.24, 2.45) is 5.41 Å². The lowest BCUT2D eigenvalue weighted by molar-refractivity contribution is -0.110. The van der Waals surface area contributed by atoms with Crippen LogP contribution in [-0.2, 0) is 12.0 Å². The summed E-state index contributed by atoms with van der Waals surface area (Å²) in [5.41, 5.74) is 3.97. The molecule has 1 saturated heterocycles. The van der Waals surface area contributed by atoms with Gasteiger partial charge in [0, 0.05) is 0 Å². The summed E-state index contributed by atoms with van der Waals surface area (Å²) in [5, 5.41) is 0. The molecular formula is C19H27NO. The second-order valence-electron chi connectivity index (χ2n) is 7.40. The molecule has 2 unspecified atom stereocenters. The standard InChI is InChI=1S/C19H27NO/c1-20-13-5-10-18-9-3-4-11-19(18,20)17-14-16(21-2)7-6-15(17)8-12-18/h6-7,14H,3-5,8-13H2,1-2H3. The molecule has 114 valence electrons. The van der Waals surface area contributed by atoms with Gasteiger partial charge >= 0.3 is 0 Å². The largest absolute Gasteiger partial charge is 0.497 e. The Hall–Kier alpha value is -1.02. The molecule has 1 aromatic carbocycles. The van der Waals surface area contributed by atoms with Crippen molar-refractivity contribution in [3.63, 3.8) is 0 Å². The molecule has 0 aromatic heterocycles. The first-order valence-corrected chi connectivity index (χ1v) is 8.61. The van der Waals surface area contributed by atoms with Gasteiger partial charge in [0.05, 0.1) is 12.6 Å². The predicted octanol–water partition coefficient (Wildman–Crippen LogP) is 4.12. The van der Waals surface area contributed by atoms with Crippen LogP contribution in [0.4, 0.5) is 0 Å². The number of fused-ring (bicyclic) bond motifs is 1. The highest BCUT2D eigenvalue weighted by molar-refractivity contribution is 5.45. The van der Waals surface area contributed by atoms with Crippen molar-refractivity contribution >= 4 is 0 Å². The number of ether oxygens (including phenoxy) is 1. The average Bonchev–Trinajstić information content (AvgIpc) is 2.54. The Balaban J connectivity index is 1.94. The lowest BCUT2D eigenvalue weighted by Gasteiger charge is -2.64. The molecule has 1 saturated carbocycles. The first-order chi connectivity index (χ1) is 10.2. The fourth-order valence-corrected chi connectivity index (χ4v) is 5.83. The average molecular weight is 285 g/mol. The Kier molecular flexibility index (Phi) is 3.08. The Labute approximate surface area is 128 Å². The maximum atomic E-state index is 5.55. The zero-order valence-electron chi connectivity index (χ0n) is 13.5. The Bertz CT molecular complexity index is 550. The van der Waals surface area contributed by atoms with E-state index in [1.807, 2.05) is 0 Å². The molecule has 0 amide bonds. The Morgan fingerprint density at radius 2 is 1.86 bits per heavy atom. The molecule has 2 heteroatoms. The quantitative estimate of drug-likeness (QED) is 0.769. The molecule has 2 atom stereocenters. The summed E-state index contributed by atoms with van der Waals surface area (Å²) >= 11 is 0. The Morgan fingerprint density at radius 1 is 1.05 bits per heavy atom. The van der Waals surface area contributed by atoms with Crippen LogP contribution >= 0.6 is 0 Å². The van der Waals surface area contributed by atoms with Crippen molar-refractivity contribution in [1.29, 1.82) is 0 Å². The molecular weight excluding hydrogens is 258 g/mol. The van der Waals surface area contributed by atoms with Crippen LogP contribution in [0.5, 0.6) is 5.75 Å². The van der Waals surface area contributed by atoms with Crippen LogP contribution < -0.4 is 4.74 Å². The maximum absolute atomic E-state index is 5.55. The number of methoxy groups -OCH3 is 1. The van der Waals surface area contributed by atoms with Crippen LogP contribution in [0.1, 0.15) is 56.1 Å². The monoisotopic (exact) mass is 285 g/mol. The van der Waals surface area contributed by atoms with Crippen molar-refractivity contribution in [2.45, 2.75) is 56.9 Å². The first kappa shape index (κ1) is 13.6. The molecule has 0 spiro atoms. The number of nitrogens with zero attached hydrogens (tertiary/aromatic N) is 1. The van der Waals surface area contributed by atoms with Crippen LogP contribution in [0.15, 0.2) is 18.2 Å². The number of piperidine rings is 1. The minimum atomic E-state index is 0.283. The van der Waals surface area contributed by atoms with Gasteiger partial charge in [0.15, 0.2) is 0 Å². The summed E-state index contributed by atoms with van der Waals surface area (Å²) in [6.07, 6.45) is 11.0. The molecule has 2 aliphatic carbocycles. The van der Waals surface area contributed by atoms with Crippen molar-refractivity contribution in [3.8, 4) is 5.75 Å². The normalized spacial score (nSPS) is 35.5. The molecule has 2 nitrogen and oxygen atoms in total. The van der Waals surface area contributed by atoms with Crippen molar-refractivity contribution in [1.82, 2.24) is 4.90 Å². The number of hydrogen-bond donors (Lipinski definition) is 0. The fraction of sp³-hybridized carbons (Fsp3) is 0.684. The molecule has 4 rings (SSSR count). The van der Waals surface area contributed by atoms with E-state index < -0.39 is 0 Å². The molecule has 1 heterocycles. The molecule has 1 aliphatic heterocycles. The van der Waals surface area contributed by atoms with E-state index >= 15 is 0 Å². The number of rotatable bonds is 1. The third-order valence-corrected chi connectivity index (χ3v) is 6.76. The van der Waals surface area contributed by atoms with Gasteiger partial charge in [-0.1, -0.05) is 18.9 Å². The zero-order chi connectivity index (χ0) is 14.5. The van der Waals surface area contributed by atoms with Gasteiger partial charge in [0.25, 0.3) is 0 Å². The summed E-state index contributed by atoms with van der Waals surface area (Å²) < 4.78 is 5.55. The first-order valence-electron chi connectivity index (χ1n) is 8.61. The molecule has 1 aromatic rings. The van der Waals surface area contributed by atoms with Crippen molar-refractivity contribution < 1.29 is 4.74 Å². The van der Waals surface area contributed by atoms with Crippen LogP contribution in [0.3, 0.4) is 0 Å². The van der Waals surface area contributed by atoms with E-state index in [2.05, 4.69) is 30.1 Å². The number of likely N-dealkylation sites (tertiary alicyclic amines) is 1. The van der Waals surface area contributed by atoms with E-state index in [0.29, 0.717) is 5.41 Å². The number of hydrogen-bond acceptors (Lipinski definition) is 2. The highest BCUT2D eigenvalue weighted by Gasteiger charge is 2.59. The number of aryl methyl sites for hydroxylation is 1. The van der Waals surface area contributed by atoms with Gasteiger partial charge in [-0.3, -0.25) is 4.90 Å². The van der Waals surface area contributed by atoms with E-state index in [-0.39, 0.29) is 5.54 Å². The second kappa shape index (κ2) is 4.74. The minimum absolute atomic E-state index is 0.283. The van der Waals surface area contributed by atoms with Crippen LogP contribution in [0.2, 0.25) is 0 Å². The van der Waals surface area contributed by atoms with E-state index in [4.69, 9.17) is 4.74 Å². The summed E-state index contributed by atoms with van der Waals surface area (Å²) in [6.45, 7) is 1.25. The molecule has 21 heavy (non-hydrogen) atoms. The summed E-state index contributed by atoms with van der Waals surface area (Å²) in [7, 11) is 4.16. The summed E-state index contributed by atoms with van der Waals surface area (Å²) in [4.78, 5) is 2.70. The van der Waals surface area contributed by atoms with E-state index in [9.17, 15) is 0 Å². The molecule has 2 fully saturated rings. The van der Waals surface area contributed by atoms with Gasteiger partial charge < -0.3 is 4.74 Å². The SMILES string of the molecule is COc1ccc2c(c1)C13CCCCC1(CCCN3C)CC2. The van der Waals surface area contributed by atoms with Crippen molar-refractivity contribution in [3.05, 3.63) is 29.3 Å². The van der Waals surface area contributed by atoms with Gasteiger partial charge in [-0.25, -0.2) is 0 Å². The van der Waals surface area contributed by atoms with Gasteiger partial charge in [-0.15, -0.1) is 0 Å². The van der Waals surface area contributed by atoms with Gasteiger partial charge in [0.2, 0.25) is 0 Å². The highest BCUT2D eigenvalue weighted by Crippen LogP contribution is 2.63. The third-order valence-electron chi connectivity index (χ3n) is 6.76. The van der Waals surface area contributed by atoms with Crippen LogP contribution in [0, 0.1) is 5.41 Å². The second-order valence-corrected chi connectivity index (χ2v) is 7.40. The molecule has 0 N–H and O–H groups in total. The van der Waals surface area contributed by atoms with Crippen LogP contribution in [0.25, 0.3) is 0 Å². The molecule has 3 aliphatic rings. The van der Waals surface area contributed by atoms with E-state index in [1.165, 1.54) is 57.9 Å². The predicted molar refractivity (Wildman–Crippen MR) is 85.8 cm³/mol. The zero-order valence-corrected chi connectivity index (χ0v) is 13.5. The third kappa shape index (κ3) is 1.69. The van der Waals surface area contributed by atoms with E-state index in [1.54, 1.807) is 18.2 Å². The topological polar surface area (TPSA) is 12.5 Å². The van der Waals surface area contributed by atoms with Crippen molar-refractivity contribution in [2.75, 3.05) is 20.7 Å².